The Labute approximate surface area is 616 Å². The Kier molecular flexibility index (Phi) is 32.1. The van der Waals surface area contributed by atoms with E-state index in [1.165, 1.54) is 0 Å². The molecule has 580 valence electrons. The van der Waals surface area contributed by atoms with E-state index in [-0.39, 0.29) is 77.5 Å². The van der Waals surface area contributed by atoms with Gasteiger partial charge in [-0.25, -0.2) is 14.4 Å². The quantitative estimate of drug-likeness (QED) is 0.0158. The van der Waals surface area contributed by atoms with Gasteiger partial charge >= 0.3 is 42.2 Å². The fourth-order valence-electron chi connectivity index (χ4n) is 11.6. The predicted molar refractivity (Wildman–Crippen MR) is 365 cm³/mol. The molecule has 4 heterocycles. The number of benzene rings is 2. The van der Waals surface area contributed by atoms with E-state index in [2.05, 4.69) is 0 Å². The van der Waals surface area contributed by atoms with Gasteiger partial charge in [-0.2, -0.15) is 0 Å². The second-order valence-corrected chi connectivity index (χ2v) is 24.5. The van der Waals surface area contributed by atoms with Crippen molar-refractivity contribution in [3.63, 3.8) is 0 Å². The van der Waals surface area contributed by atoms with Crippen LogP contribution in [0.25, 0.3) is 0 Å². The first-order chi connectivity index (χ1) is 51.8. The average molecular weight is 1510 g/mol. The monoisotopic (exact) mass is 1510 g/mol. The number of imide groups is 4. The van der Waals surface area contributed by atoms with Crippen LogP contribution >= 0.6 is 0 Å². The molecule has 0 aromatic heterocycles. The minimum atomic E-state index is -1.48. The fraction of sp³-hybridized carbons (Fsp3) is 0.465. The number of rotatable bonds is 45. The summed E-state index contributed by atoms with van der Waals surface area (Å²) in [6, 6.07) is 3.80. The Hall–Kier alpha value is -12.0. The number of fused-ring (bicyclic) bond motifs is 2. The Bertz CT molecular complexity index is 3620. The van der Waals surface area contributed by atoms with Gasteiger partial charge in [0.05, 0.1) is 53.3 Å². The zero-order valence-electron chi connectivity index (χ0n) is 58.8. The van der Waals surface area contributed by atoms with Crippen LogP contribution in [0.1, 0.15) is 141 Å². The highest BCUT2D eigenvalue weighted by atomic mass is 16.7. The molecular formula is C71H82N8O29. The van der Waals surface area contributed by atoms with Crippen LogP contribution in [-0.2, 0) is 95.5 Å². The average Bonchev–Trinajstić information content (AvgIpc) is 0.807. The molecular weight excluding hydrogens is 1430 g/mol. The number of nitrogens with zero attached hydrogens (tertiary/aromatic N) is 8. The number of aliphatic hydroxyl groups is 2. The summed E-state index contributed by atoms with van der Waals surface area (Å²) in [7, 11) is 0. The van der Waals surface area contributed by atoms with E-state index in [0.29, 0.717) is 56.3 Å². The van der Waals surface area contributed by atoms with Gasteiger partial charge in [0.2, 0.25) is 37.9 Å². The van der Waals surface area contributed by atoms with Crippen LogP contribution in [0.4, 0.5) is 25.8 Å². The van der Waals surface area contributed by atoms with Crippen LogP contribution in [0.3, 0.4) is 0 Å². The van der Waals surface area contributed by atoms with Crippen molar-refractivity contribution in [1.82, 2.24) is 29.4 Å². The number of ketones is 2. The number of esters is 4. The zero-order valence-corrected chi connectivity index (χ0v) is 58.8. The maximum Gasteiger partial charge on any atom is 0.417 e. The van der Waals surface area contributed by atoms with Crippen molar-refractivity contribution in [1.29, 1.82) is 0 Å². The van der Waals surface area contributed by atoms with Gasteiger partial charge in [-0.15, -0.1) is 0 Å². The molecule has 2 aromatic rings. The van der Waals surface area contributed by atoms with Crippen LogP contribution in [0.5, 0.6) is 11.5 Å². The van der Waals surface area contributed by atoms with Gasteiger partial charge in [-0.1, -0.05) is 25.7 Å². The van der Waals surface area contributed by atoms with E-state index in [4.69, 9.17) is 33.2 Å². The first kappa shape index (κ1) is 83.3. The second kappa shape index (κ2) is 41.6. The molecule has 5 aliphatic rings. The van der Waals surface area contributed by atoms with E-state index in [1.807, 2.05) is 0 Å². The molecule has 12 amide bonds. The molecule has 0 unspecified atom stereocenters. The number of amides is 12. The first-order valence-corrected chi connectivity index (χ1v) is 34.7. The Balaban J connectivity index is 1.14. The van der Waals surface area contributed by atoms with Crippen molar-refractivity contribution in [2.75, 3.05) is 115 Å². The molecule has 4 aliphatic heterocycles. The van der Waals surface area contributed by atoms with Gasteiger partial charge in [0.25, 0.3) is 47.3 Å². The smallest absolute Gasteiger partial charge is 0.417 e. The fourth-order valence-corrected chi connectivity index (χ4v) is 11.6. The SMILES string of the molecule is O=C(CCCCCN1C(=O)C=CC1=O)OCCC(=O)N(CCN(CCO)C(=O)OCOC(=O)CCCCCN1C(=O)C=CC1=O)c1ccc(N(CCN(CCO)C(=O)OCOC(=O)CCCCCN2C(=O)C=CC2=O)C(=O)OCOC(=O)CCCCCN2C(=O)C=CC2=O)c2c1C(=O)c1c(O)ccc(O)c1C2=O. The van der Waals surface area contributed by atoms with Crippen LogP contribution in [0.15, 0.2) is 72.9 Å². The largest absolute Gasteiger partial charge is 0.507 e. The van der Waals surface area contributed by atoms with Crippen molar-refractivity contribution in [3.05, 3.63) is 95.1 Å². The normalized spacial score (nSPS) is 14.1. The van der Waals surface area contributed by atoms with E-state index < -0.39 is 238 Å². The number of anilines is 2. The number of aromatic hydroxyl groups is 2. The predicted octanol–water partition coefficient (Wildman–Crippen LogP) is 2.39. The minimum absolute atomic E-state index is 0.0707. The molecule has 37 heteroatoms. The highest BCUT2D eigenvalue weighted by Crippen LogP contribution is 2.45. The molecule has 7 rings (SSSR count). The van der Waals surface area contributed by atoms with Gasteiger partial charge in [0.1, 0.15) is 18.1 Å². The number of phenols is 2. The summed E-state index contributed by atoms with van der Waals surface area (Å²) in [5, 5.41) is 43.0. The van der Waals surface area contributed by atoms with E-state index in [9.17, 15) is 97.1 Å². The molecule has 0 bridgehead atoms. The third-order valence-electron chi connectivity index (χ3n) is 17.2. The number of aliphatic hydroxyl groups excluding tert-OH is 2. The lowest BCUT2D eigenvalue weighted by molar-refractivity contribution is -0.153. The maximum atomic E-state index is 15.3. The Morgan fingerprint density at radius 2 is 0.611 bits per heavy atom. The van der Waals surface area contributed by atoms with Crippen LogP contribution < -0.4 is 9.80 Å². The lowest BCUT2D eigenvalue weighted by atomic mass is 9.80. The first-order valence-electron chi connectivity index (χ1n) is 34.7. The van der Waals surface area contributed by atoms with Gasteiger partial charge in [-0.3, -0.25) is 96.4 Å². The minimum Gasteiger partial charge on any atom is -0.507 e. The molecule has 108 heavy (non-hydrogen) atoms. The number of phenolic OH excluding ortho intramolecular Hbond substituents is 2. The number of hydrogen-bond donors (Lipinski definition) is 4. The van der Waals surface area contributed by atoms with Gasteiger partial charge in [0, 0.05) is 140 Å². The van der Waals surface area contributed by atoms with Gasteiger partial charge in [-0.05, 0) is 75.6 Å². The number of carbonyl (C=O) groups is 18. The van der Waals surface area contributed by atoms with Crippen molar-refractivity contribution in [3.8, 4) is 11.5 Å². The number of hydrogen-bond acceptors (Lipinski definition) is 29. The summed E-state index contributed by atoms with van der Waals surface area (Å²) >= 11 is 0. The van der Waals surface area contributed by atoms with Crippen LogP contribution in [-0.4, -0.2) is 262 Å². The highest BCUT2D eigenvalue weighted by molar-refractivity contribution is 6.34. The molecule has 4 N–H and O–H groups in total. The summed E-state index contributed by atoms with van der Waals surface area (Å²) < 4.78 is 36.6. The van der Waals surface area contributed by atoms with E-state index in [0.717, 1.165) is 107 Å². The molecule has 2 aromatic carbocycles. The van der Waals surface area contributed by atoms with Crippen molar-refractivity contribution < 1.29 is 140 Å². The van der Waals surface area contributed by atoms with Gasteiger partial charge in [0.15, 0.2) is 0 Å². The summed E-state index contributed by atoms with van der Waals surface area (Å²) in [5.41, 5.74) is -4.30. The summed E-state index contributed by atoms with van der Waals surface area (Å²) in [6.45, 7) is -8.62. The van der Waals surface area contributed by atoms with Crippen LogP contribution in [0.2, 0.25) is 0 Å². The Morgan fingerprint density at radius 1 is 0.315 bits per heavy atom. The zero-order chi connectivity index (χ0) is 78.4. The lowest BCUT2D eigenvalue weighted by Crippen LogP contribution is -2.45. The van der Waals surface area contributed by atoms with Crippen LogP contribution in [0, 0.1) is 0 Å². The topological polar surface area (TPSA) is 479 Å². The lowest BCUT2D eigenvalue weighted by Gasteiger charge is -2.33. The van der Waals surface area contributed by atoms with Crippen molar-refractivity contribution >= 4 is 118 Å². The van der Waals surface area contributed by atoms with Gasteiger partial charge < -0.3 is 68.3 Å². The summed E-state index contributed by atoms with van der Waals surface area (Å²) in [6.07, 6.45) is 7.45. The highest BCUT2D eigenvalue weighted by Gasteiger charge is 2.42. The van der Waals surface area contributed by atoms with Crippen molar-refractivity contribution in [2.24, 2.45) is 0 Å². The van der Waals surface area contributed by atoms with E-state index >= 15 is 9.59 Å². The molecule has 37 nitrogen and oxygen atoms in total. The third kappa shape index (κ3) is 23.5. The molecule has 0 fully saturated rings. The molecule has 0 spiro atoms. The van der Waals surface area contributed by atoms with E-state index in [1.54, 1.807) is 0 Å². The number of unbranched alkanes of at least 4 members (excludes halogenated alkanes) is 8. The third-order valence-corrected chi connectivity index (χ3v) is 17.2. The molecule has 0 atom stereocenters. The van der Waals surface area contributed by atoms with Crippen molar-refractivity contribution in [2.45, 2.75) is 109 Å². The number of ether oxygens (including phenoxy) is 7. The Morgan fingerprint density at radius 3 is 0.935 bits per heavy atom. The molecule has 0 radical (unpaired) electrons. The molecule has 0 saturated heterocycles. The number of carbonyl (C=O) groups excluding carboxylic acids is 18. The summed E-state index contributed by atoms with van der Waals surface area (Å²) in [5.74, 6) is -12.5. The standard InChI is InChI=1S/C71H82N8O29/c80-40-38-72(69(99)106-43-103-60(94)14-6-2-10-31-77-52(86)23-24-53(77)87)34-36-74(58(92)29-42-102-59(93)13-5-1-9-30-76-50(84)21-22-51(76)85)46-17-18-47(64-63(46)67(97)65-48(82)19-20-49(83)66(65)68(64)98)75(71(101)108-45-105-62(96)16-8-4-12-33-79-56(90)27-28-57(79)91)37-35-73(39-41-81)70(100)107-44-104-61(95)15-7-3-11-32-78-54(88)25-26-55(78)89/h17-28,80-83H,1-16,29-45H2. The summed E-state index contributed by atoms with van der Waals surface area (Å²) in [4.78, 5) is 242. The second-order valence-electron chi connectivity index (χ2n) is 24.5. The maximum absolute atomic E-state index is 15.3. The molecule has 0 saturated carbocycles. The molecule has 1 aliphatic carbocycles.